The number of nitrogens with zero attached hydrogens (tertiary/aromatic N) is 5. The van der Waals surface area contributed by atoms with Gasteiger partial charge in [-0.15, -0.1) is 10.2 Å². The minimum Gasteiger partial charge on any atom is -0.508 e. The van der Waals surface area contributed by atoms with Gasteiger partial charge in [0.1, 0.15) is 11.5 Å². The maximum Gasteiger partial charge on any atom is 0.402 e. The number of carbonyl (C=O) groups excluding carboxylic acids is 2. The predicted molar refractivity (Wildman–Crippen MR) is 172 cm³/mol. The van der Waals surface area contributed by atoms with E-state index in [2.05, 4.69) is 31.5 Å². The molecule has 2 saturated heterocycles. The summed E-state index contributed by atoms with van der Waals surface area (Å²) in [5.74, 6) is 0.303. The number of nitrogens with two attached hydrogens (primary N) is 1. The van der Waals surface area contributed by atoms with E-state index in [1.165, 1.54) is 6.07 Å². The van der Waals surface area contributed by atoms with E-state index in [0.717, 1.165) is 64.2 Å². The van der Waals surface area contributed by atoms with Crippen molar-refractivity contribution in [3.63, 3.8) is 0 Å². The Kier molecular flexibility index (Phi) is 11.6. The van der Waals surface area contributed by atoms with Crippen LogP contribution in [0, 0.1) is 5.92 Å². The second-order valence-corrected chi connectivity index (χ2v) is 11.8. The maximum absolute atomic E-state index is 12.9. The van der Waals surface area contributed by atoms with Crippen molar-refractivity contribution in [2.75, 3.05) is 45.8 Å². The highest BCUT2D eigenvalue weighted by atomic mass is 16.4. The Morgan fingerprint density at radius 2 is 1.63 bits per heavy atom. The number of phenols is 2. The number of amides is 3. The van der Waals surface area contributed by atoms with Gasteiger partial charge in [0.2, 0.25) is 11.7 Å². The van der Waals surface area contributed by atoms with Gasteiger partial charge >= 0.3 is 6.09 Å². The lowest BCUT2D eigenvalue weighted by atomic mass is 9.94. The molecule has 0 unspecified atom stereocenters. The van der Waals surface area contributed by atoms with Crippen molar-refractivity contribution in [2.24, 2.45) is 11.7 Å². The molecule has 2 aromatic carbocycles. The molecule has 14 nitrogen and oxygen atoms in total. The Bertz CT molecular complexity index is 1510. The van der Waals surface area contributed by atoms with Gasteiger partial charge in [0, 0.05) is 56.9 Å². The van der Waals surface area contributed by atoms with Crippen LogP contribution in [0.25, 0.3) is 17.1 Å². The Hall–Kier alpha value is -4.69. The largest absolute Gasteiger partial charge is 0.508 e. The molecule has 0 atom stereocenters. The number of likely N-dealkylation sites (tertiary alicyclic amines) is 1. The molecule has 3 amide bonds. The van der Waals surface area contributed by atoms with Crippen molar-refractivity contribution in [2.45, 2.75) is 46.1 Å². The number of hydrogen-bond acceptors (Lipinski definition) is 9. The number of piperidine rings is 1. The first-order chi connectivity index (χ1) is 22.0. The first kappa shape index (κ1) is 34.2. The molecule has 2 fully saturated rings. The molecule has 46 heavy (non-hydrogen) atoms. The van der Waals surface area contributed by atoms with Gasteiger partial charge in [-0.2, -0.15) is 0 Å². The van der Waals surface area contributed by atoms with E-state index < -0.39 is 6.09 Å². The van der Waals surface area contributed by atoms with E-state index in [4.69, 9.17) is 9.90 Å². The first-order valence-corrected chi connectivity index (χ1v) is 15.6. The van der Waals surface area contributed by atoms with E-state index in [1.807, 2.05) is 49.9 Å². The number of piperazine rings is 1. The summed E-state index contributed by atoms with van der Waals surface area (Å²) < 4.78 is 1.64. The van der Waals surface area contributed by atoms with Gasteiger partial charge in [-0.05, 0) is 68.1 Å². The van der Waals surface area contributed by atoms with Crippen molar-refractivity contribution >= 4 is 17.9 Å². The second kappa shape index (κ2) is 15.5. The van der Waals surface area contributed by atoms with E-state index in [9.17, 15) is 19.8 Å². The molecule has 14 heteroatoms. The molecule has 0 spiro atoms. The fourth-order valence-electron chi connectivity index (χ4n) is 5.82. The second-order valence-electron chi connectivity index (χ2n) is 11.8. The van der Waals surface area contributed by atoms with Crippen LogP contribution >= 0.6 is 0 Å². The third-order valence-corrected chi connectivity index (χ3v) is 8.18. The molecule has 248 valence electrons. The van der Waals surface area contributed by atoms with Crippen LogP contribution in [-0.4, -0.2) is 104 Å². The molecular weight excluding hydrogens is 592 g/mol. The van der Waals surface area contributed by atoms with Crippen molar-refractivity contribution in [3.8, 4) is 28.6 Å². The third-order valence-electron chi connectivity index (χ3n) is 8.18. The average molecular weight is 637 g/mol. The van der Waals surface area contributed by atoms with Gasteiger partial charge < -0.3 is 36.6 Å². The molecule has 0 bridgehead atoms. The lowest BCUT2D eigenvalue weighted by molar-refractivity contribution is -0.137. The van der Waals surface area contributed by atoms with Crippen molar-refractivity contribution < 1.29 is 29.7 Å². The Balaban J connectivity index is 0.00000113. The summed E-state index contributed by atoms with van der Waals surface area (Å²) in [6.07, 6.45) is 0.407. The van der Waals surface area contributed by atoms with Crippen LogP contribution in [0.3, 0.4) is 0 Å². The Morgan fingerprint density at radius 3 is 2.22 bits per heavy atom. The summed E-state index contributed by atoms with van der Waals surface area (Å²) >= 11 is 0. The normalized spacial score (nSPS) is 15.7. The Labute approximate surface area is 268 Å². The summed E-state index contributed by atoms with van der Waals surface area (Å²) in [6.45, 7) is 12.0. The molecule has 2 aliphatic rings. The first-order valence-electron chi connectivity index (χ1n) is 15.6. The third kappa shape index (κ3) is 8.31. The van der Waals surface area contributed by atoms with Crippen molar-refractivity contribution in [1.29, 1.82) is 0 Å². The number of nitrogens with one attached hydrogen (secondary N) is 2. The molecular formula is C32H44N8O6. The Morgan fingerprint density at radius 1 is 1.00 bits per heavy atom. The average Bonchev–Trinajstić information content (AvgIpc) is 3.47. The molecule has 2 aliphatic heterocycles. The van der Waals surface area contributed by atoms with Crippen LogP contribution in [-0.2, 0) is 11.3 Å². The zero-order valence-corrected chi connectivity index (χ0v) is 26.6. The highest BCUT2D eigenvalue weighted by Crippen LogP contribution is 2.38. The summed E-state index contributed by atoms with van der Waals surface area (Å²) in [6, 6.07) is 10.9. The topological polar surface area (TPSA) is 199 Å². The van der Waals surface area contributed by atoms with Crippen LogP contribution in [0.1, 0.15) is 61.3 Å². The number of aromatic nitrogens is 3. The standard InChI is InChI=1S/C31H41N7O4.CH3NO2/c1-4-33-30(41)29-35-34-28(25-17-24(20(2)3)26(39)18-27(25)40)38(29)23-7-5-21(6-8-23)19-36-13-9-22(10-14-36)31(42)37-15-11-32-12-16-37;2-1(3)4/h5-8,17-18,20,22,32,39-40H,4,9-16,19H2,1-3H3,(H,33,41);2H2,(H,3,4). The minimum absolute atomic E-state index is 0.00260. The molecule has 3 heterocycles. The molecule has 0 aliphatic carbocycles. The van der Waals surface area contributed by atoms with Crippen LogP contribution < -0.4 is 16.4 Å². The van der Waals surface area contributed by atoms with Gasteiger partial charge in [0.25, 0.3) is 5.91 Å². The molecule has 0 radical (unpaired) electrons. The summed E-state index contributed by atoms with van der Waals surface area (Å²) in [5, 5.41) is 42.9. The molecule has 7 N–H and O–H groups in total. The minimum atomic E-state index is -1.33. The van der Waals surface area contributed by atoms with E-state index in [0.29, 0.717) is 35.1 Å². The highest BCUT2D eigenvalue weighted by Gasteiger charge is 2.29. The summed E-state index contributed by atoms with van der Waals surface area (Å²) in [5.41, 5.74) is 6.86. The zero-order valence-electron chi connectivity index (χ0n) is 26.6. The number of hydrogen-bond donors (Lipinski definition) is 6. The molecule has 3 aromatic rings. The molecule has 0 saturated carbocycles. The van der Waals surface area contributed by atoms with E-state index >= 15 is 0 Å². The quantitative estimate of drug-likeness (QED) is 0.213. The number of carbonyl (C=O) groups is 3. The number of rotatable bonds is 8. The van der Waals surface area contributed by atoms with Crippen LogP contribution in [0.4, 0.5) is 4.79 Å². The van der Waals surface area contributed by atoms with Gasteiger partial charge in [-0.25, -0.2) is 4.79 Å². The summed E-state index contributed by atoms with van der Waals surface area (Å²) in [7, 11) is 0. The van der Waals surface area contributed by atoms with Gasteiger partial charge in [-0.3, -0.25) is 19.1 Å². The predicted octanol–water partition coefficient (Wildman–Crippen LogP) is 2.49. The SMILES string of the molecule is CCNC(=O)c1nnc(-c2cc(C(C)C)c(O)cc2O)n1-c1ccc(CN2CCC(C(=O)N3CCNCC3)CC2)cc1.NC(=O)O. The van der Waals surface area contributed by atoms with E-state index in [1.54, 1.807) is 10.6 Å². The summed E-state index contributed by atoms with van der Waals surface area (Å²) in [4.78, 5) is 39.0. The zero-order chi connectivity index (χ0) is 33.4. The van der Waals surface area contributed by atoms with Crippen LogP contribution in [0.2, 0.25) is 0 Å². The monoisotopic (exact) mass is 636 g/mol. The highest BCUT2D eigenvalue weighted by molar-refractivity contribution is 5.92. The van der Waals surface area contributed by atoms with Gasteiger partial charge in [0.15, 0.2) is 5.82 Å². The number of primary amides is 1. The number of aromatic hydroxyl groups is 2. The van der Waals surface area contributed by atoms with Crippen molar-refractivity contribution in [3.05, 3.63) is 53.3 Å². The van der Waals surface area contributed by atoms with Crippen LogP contribution in [0.5, 0.6) is 11.5 Å². The number of benzene rings is 2. The van der Waals surface area contributed by atoms with E-state index in [-0.39, 0.29) is 35.1 Å². The fourth-order valence-corrected chi connectivity index (χ4v) is 5.82. The number of phenolic OH excluding ortho intramolecular Hbond substituents is 2. The smallest absolute Gasteiger partial charge is 0.402 e. The van der Waals surface area contributed by atoms with Gasteiger partial charge in [-0.1, -0.05) is 26.0 Å². The van der Waals surface area contributed by atoms with Gasteiger partial charge in [0.05, 0.1) is 5.56 Å². The molecule has 1 aromatic heterocycles. The lowest BCUT2D eigenvalue weighted by Gasteiger charge is -2.35. The maximum atomic E-state index is 12.9. The lowest BCUT2D eigenvalue weighted by Crippen LogP contribution is -2.50. The van der Waals surface area contributed by atoms with Crippen molar-refractivity contribution in [1.82, 2.24) is 35.2 Å². The van der Waals surface area contributed by atoms with Crippen LogP contribution in [0.15, 0.2) is 36.4 Å². The fraction of sp³-hybridized carbons (Fsp3) is 0.469. The molecule has 5 rings (SSSR count). The number of carboxylic acid groups (broad SMARTS) is 1.